The van der Waals surface area contributed by atoms with Gasteiger partial charge < -0.3 is 9.47 Å². The fourth-order valence-corrected chi connectivity index (χ4v) is 3.12. The lowest BCUT2D eigenvalue weighted by Crippen LogP contribution is -2.12. The molecule has 0 saturated carbocycles. The molecule has 1 aromatic heterocycles. The standard InChI is InChI=1S/C21H20N2O4S/c1-2-26-19(24)12-17-14-28-21(22-17)23-20(25)16-8-10-18(11-9-16)27-13-15-6-4-3-5-7-15/h3-11,14H,2,12-13H2,1H3,(H,22,23,25). The molecule has 3 rings (SSSR count). The molecule has 1 N–H and O–H groups in total. The molecule has 3 aromatic rings. The van der Waals surface area contributed by atoms with Gasteiger partial charge in [0.05, 0.1) is 18.7 Å². The summed E-state index contributed by atoms with van der Waals surface area (Å²) < 4.78 is 10.6. The van der Waals surface area contributed by atoms with Gasteiger partial charge in [-0.15, -0.1) is 11.3 Å². The normalized spacial score (nSPS) is 10.3. The number of ether oxygens (including phenoxy) is 2. The van der Waals surface area contributed by atoms with Crippen LogP contribution >= 0.6 is 11.3 Å². The zero-order valence-electron chi connectivity index (χ0n) is 15.4. The predicted octanol–water partition coefficient (Wildman–Crippen LogP) is 4.08. The fraction of sp³-hybridized carbons (Fsp3) is 0.190. The summed E-state index contributed by atoms with van der Waals surface area (Å²) in [6.45, 7) is 2.55. The van der Waals surface area contributed by atoms with E-state index in [9.17, 15) is 9.59 Å². The summed E-state index contributed by atoms with van der Waals surface area (Å²) in [6, 6.07) is 16.8. The van der Waals surface area contributed by atoms with Crippen LogP contribution in [0.5, 0.6) is 5.75 Å². The quantitative estimate of drug-likeness (QED) is 0.581. The minimum atomic E-state index is -0.336. The maximum absolute atomic E-state index is 12.4. The molecule has 0 bridgehead atoms. The molecule has 1 heterocycles. The summed E-state index contributed by atoms with van der Waals surface area (Å²) in [5.74, 6) is 0.0785. The van der Waals surface area contributed by atoms with Crippen LogP contribution in [0.1, 0.15) is 28.5 Å². The molecule has 0 saturated heterocycles. The Morgan fingerprint density at radius 1 is 1.07 bits per heavy atom. The largest absolute Gasteiger partial charge is 0.489 e. The molecule has 144 valence electrons. The van der Waals surface area contributed by atoms with Crippen LogP contribution in [-0.4, -0.2) is 23.5 Å². The maximum Gasteiger partial charge on any atom is 0.311 e. The van der Waals surface area contributed by atoms with E-state index >= 15 is 0 Å². The monoisotopic (exact) mass is 396 g/mol. The van der Waals surface area contributed by atoms with Gasteiger partial charge in [0.2, 0.25) is 0 Å². The number of hydrogen-bond donors (Lipinski definition) is 1. The highest BCUT2D eigenvalue weighted by Crippen LogP contribution is 2.19. The molecule has 28 heavy (non-hydrogen) atoms. The second kappa shape index (κ2) is 9.66. The average Bonchev–Trinajstić information content (AvgIpc) is 3.14. The maximum atomic E-state index is 12.4. The predicted molar refractivity (Wildman–Crippen MR) is 108 cm³/mol. The van der Waals surface area contributed by atoms with Crippen molar-refractivity contribution in [2.24, 2.45) is 0 Å². The van der Waals surface area contributed by atoms with Crippen molar-refractivity contribution in [1.29, 1.82) is 0 Å². The molecule has 0 unspecified atom stereocenters. The van der Waals surface area contributed by atoms with E-state index in [1.165, 1.54) is 11.3 Å². The number of rotatable bonds is 8. The van der Waals surface area contributed by atoms with Crippen molar-refractivity contribution < 1.29 is 19.1 Å². The SMILES string of the molecule is CCOC(=O)Cc1csc(NC(=O)c2ccc(OCc3ccccc3)cc2)n1. The minimum Gasteiger partial charge on any atom is -0.489 e. The molecule has 0 aliphatic carbocycles. The first-order chi connectivity index (χ1) is 13.6. The van der Waals surface area contributed by atoms with E-state index < -0.39 is 0 Å². The zero-order valence-corrected chi connectivity index (χ0v) is 16.2. The van der Waals surface area contributed by atoms with Crippen LogP contribution in [-0.2, 0) is 22.6 Å². The molecule has 0 spiro atoms. The molecule has 6 nitrogen and oxygen atoms in total. The van der Waals surface area contributed by atoms with Gasteiger partial charge in [0.25, 0.3) is 5.91 Å². The Kier molecular flexibility index (Phi) is 6.75. The highest BCUT2D eigenvalue weighted by atomic mass is 32.1. The van der Waals surface area contributed by atoms with E-state index in [1.54, 1.807) is 36.6 Å². The molecule has 2 aromatic carbocycles. The van der Waals surface area contributed by atoms with Gasteiger partial charge in [0.1, 0.15) is 12.4 Å². The zero-order chi connectivity index (χ0) is 19.8. The Morgan fingerprint density at radius 3 is 2.54 bits per heavy atom. The van der Waals surface area contributed by atoms with Crippen molar-refractivity contribution in [3.8, 4) is 5.75 Å². The van der Waals surface area contributed by atoms with E-state index in [0.29, 0.717) is 35.4 Å². The van der Waals surface area contributed by atoms with Crippen LogP contribution in [0, 0.1) is 0 Å². The fourth-order valence-electron chi connectivity index (χ4n) is 2.42. The molecule has 1 amide bonds. The number of esters is 1. The van der Waals surface area contributed by atoms with Gasteiger partial charge >= 0.3 is 5.97 Å². The summed E-state index contributed by atoms with van der Waals surface area (Å²) in [5, 5.41) is 4.90. The van der Waals surface area contributed by atoms with E-state index in [1.807, 2.05) is 30.3 Å². The first kappa shape index (κ1) is 19.6. The van der Waals surface area contributed by atoms with E-state index in [0.717, 1.165) is 5.56 Å². The van der Waals surface area contributed by atoms with Crippen molar-refractivity contribution in [2.75, 3.05) is 11.9 Å². The number of nitrogens with one attached hydrogen (secondary N) is 1. The molecular weight excluding hydrogens is 376 g/mol. The van der Waals surface area contributed by atoms with Crippen molar-refractivity contribution in [1.82, 2.24) is 4.98 Å². The van der Waals surface area contributed by atoms with Crippen LogP contribution in [0.4, 0.5) is 5.13 Å². The molecule has 0 atom stereocenters. The summed E-state index contributed by atoms with van der Waals surface area (Å²) >= 11 is 1.27. The first-order valence-electron chi connectivity index (χ1n) is 8.82. The first-order valence-corrected chi connectivity index (χ1v) is 9.70. The second-order valence-corrected chi connectivity index (χ2v) is 6.74. The summed E-state index contributed by atoms with van der Waals surface area (Å²) in [6.07, 6.45) is 0.0909. The van der Waals surface area contributed by atoms with Crippen LogP contribution < -0.4 is 10.1 Å². The second-order valence-electron chi connectivity index (χ2n) is 5.88. The van der Waals surface area contributed by atoms with Crippen molar-refractivity contribution >= 4 is 28.3 Å². The lowest BCUT2D eigenvalue weighted by molar-refractivity contribution is -0.142. The van der Waals surface area contributed by atoms with Gasteiger partial charge in [-0.2, -0.15) is 0 Å². The van der Waals surface area contributed by atoms with Gasteiger partial charge in [0.15, 0.2) is 5.13 Å². The number of hydrogen-bond acceptors (Lipinski definition) is 6. The Balaban J connectivity index is 1.53. The molecule has 0 fully saturated rings. The lowest BCUT2D eigenvalue weighted by Gasteiger charge is -2.07. The Bertz CT molecular complexity index is 923. The van der Waals surface area contributed by atoms with Crippen LogP contribution in [0.15, 0.2) is 60.0 Å². The number of carbonyl (C=O) groups is 2. The Morgan fingerprint density at radius 2 is 1.82 bits per heavy atom. The van der Waals surface area contributed by atoms with Gasteiger partial charge in [-0.3, -0.25) is 14.9 Å². The van der Waals surface area contributed by atoms with Crippen molar-refractivity contribution in [2.45, 2.75) is 20.0 Å². The third kappa shape index (κ3) is 5.65. The van der Waals surface area contributed by atoms with Crippen molar-refractivity contribution in [3.05, 3.63) is 76.8 Å². The topological polar surface area (TPSA) is 77.5 Å². The van der Waals surface area contributed by atoms with Gasteiger partial charge in [-0.05, 0) is 36.8 Å². The number of nitrogens with zero attached hydrogens (tertiary/aromatic N) is 1. The summed E-state index contributed by atoms with van der Waals surface area (Å²) in [5.41, 5.74) is 2.14. The Labute approximate surface area is 167 Å². The van der Waals surface area contributed by atoms with E-state index in [-0.39, 0.29) is 18.3 Å². The van der Waals surface area contributed by atoms with Gasteiger partial charge in [0, 0.05) is 10.9 Å². The number of benzene rings is 2. The van der Waals surface area contributed by atoms with Gasteiger partial charge in [-0.1, -0.05) is 30.3 Å². The number of aromatic nitrogens is 1. The van der Waals surface area contributed by atoms with E-state index in [4.69, 9.17) is 9.47 Å². The molecule has 0 radical (unpaired) electrons. The molecular formula is C21H20N2O4S. The number of thiazole rings is 1. The van der Waals surface area contributed by atoms with E-state index in [2.05, 4.69) is 10.3 Å². The highest BCUT2D eigenvalue weighted by molar-refractivity contribution is 7.14. The number of carbonyl (C=O) groups excluding carboxylic acids is 2. The smallest absolute Gasteiger partial charge is 0.311 e. The average molecular weight is 396 g/mol. The van der Waals surface area contributed by atoms with Crippen LogP contribution in [0.2, 0.25) is 0 Å². The molecule has 0 aliphatic heterocycles. The number of anilines is 1. The summed E-state index contributed by atoms with van der Waals surface area (Å²) in [4.78, 5) is 28.1. The summed E-state index contributed by atoms with van der Waals surface area (Å²) in [7, 11) is 0. The van der Waals surface area contributed by atoms with Gasteiger partial charge in [-0.25, -0.2) is 4.98 Å². The highest BCUT2D eigenvalue weighted by Gasteiger charge is 2.12. The third-order valence-electron chi connectivity index (χ3n) is 3.77. The minimum absolute atomic E-state index is 0.0909. The van der Waals surface area contributed by atoms with Crippen molar-refractivity contribution in [3.63, 3.8) is 0 Å². The van der Waals surface area contributed by atoms with Crippen LogP contribution in [0.25, 0.3) is 0 Å². The van der Waals surface area contributed by atoms with Crippen LogP contribution in [0.3, 0.4) is 0 Å². The lowest BCUT2D eigenvalue weighted by atomic mass is 10.2. The molecule has 0 aliphatic rings. The molecule has 7 heteroatoms. The Hall–Kier alpha value is -3.19. The third-order valence-corrected chi connectivity index (χ3v) is 4.57. The number of amides is 1.